The van der Waals surface area contributed by atoms with Crippen LogP contribution >= 0.6 is 0 Å². The second kappa shape index (κ2) is 7.53. The number of anilines is 1. The number of hydrogen-bond acceptors (Lipinski definition) is 6. The van der Waals surface area contributed by atoms with Crippen molar-refractivity contribution in [2.75, 3.05) is 12.0 Å². The van der Waals surface area contributed by atoms with Gasteiger partial charge in [-0.2, -0.15) is 10.4 Å². The van der Waals surface area contributed by atoms with E-state index in [1.807, 2.05) is 0 Å². The Hall–Kier alpha value is -3.22. The van der Waals surface area contributed by atoms with Crippen LogP contribution < -0.4 is 15.9 Å². The molecule has 5 N–H and O–H groups in total. The largest absolute Gasteiger partial charge is 0.485 e. The van der Waals surface area contributed by atoms with Crippen LogP contribution in [-0.2, 0) is 0 Å². The lowest BCUT2D eigenvalue weighted by Gasteiger charge is -2.11. The number of nitrogens with two attached hydrogens (primary N) is 1. The number of rotatable bonds is 7. The number of amidine groups is 1. The van der Waals surface area contributed by atoms with Gasteiger partial charge in [0, 0.05) is 0 Å². The molecule has 0 saturated carbocycles. The predicted octanol–water partition coefficient (Wildman–Crippen LogP) is 1.26. The minimum atomic E-state index is -2.72. The summed E-state index contributed by atoms with van der Waals surface area (Å²) in [4.78, 5) is 10.9. The van der Waals surface area contributed by atoms with Crippen LogP contribution in [0.1, 0.15) is 10.4 Å². The van der Waals surface area contributed by atoms with Crippen molar-refractivity contribution in [1.82, 2.24) is 0 Å². The molecule has 0 aliphatic heterocycles. The maximum absolute atomic E-state index is 12.2. The van der Waals surface area contributed by atoms with Crippen LogP contribution in [0.25, 0.3) is 0 Å². The molecule has 0 unspecified atom stereocenters. The number of hydrazone groups is 1. The topological polar surface area (TPSA) is 145 Å². The van der Waals surface area contributed by atoms with E-state index < -0.39 is 30.5 Å². The van der Waals surface area contributed by atoms with E-state index in [0.29, 0.717) is 0 Å². The summed E-state index contributed by atoms with van der Waals surface area (Å²) in [7, 11) is 0. The number of nitrogens with one attached hydrogen (secondary N) is 2. The van der Waals surface area contributed by atoms with Crippen molar-refractivity contribution in [3.05, 3.63) is 23.8 Å². The summed E-state index contributed by atoms with van der Waals surface area (Å²) in [5, 5.41) is 28.2. The van der Waals surface area contributed by atoms with Gasteiger partial charge in [-0.3, -0.25) is 10.8 Å². The van der Waals surface area contributed by atoms with E-state index >= 15 is 0 Å². The first-order chi connectivity index (χ1) is 10.3. The smallest absolute Gasteiger partial charge is 0.335 e. The van der Waals surface area contributed by atoms with Crippen molar-refractivity contribution in [1.29, 1.82) is 10.7 Å². The Labute approximate surface area is 123 Å². The summed E-state index contributed by atoms with van der Waals surface area (Å²) in [6.07, 6.45) is -2.72. The number of aromatic carboxylic acids is 1. The number of hydrogen-bond donors (Lipinski definition) is 4. The normalized spacial score (nSPS) is 10.9. The molecule has 0 fully saturated rings. The van der Waals surface area contributed by atoms with Gasteiger partial charge >= 0.3 is 5.97 Å². The van der Waals surface area contributed by atoms with Crippen molar-refractivity contribution in [2.24, 2.45) is 10.8 Å². The first-order valence-electron chi connectivity index (χ1n) is 5.71. The second-order valence-electron chi connectivity index (χ2n) is 3.82. The second-order valence-corrected chi connectivity index (χ2v) is 3.82. The number of nitriles is 1. The van der Waals surface area contributed by atoms with E-state index in [-0.39, 0.29) is 17.0 Å². The third-order valence-electron chi connectivity index (χ3n) is 2.24. The lowest BCUT2D eigenvalue weighted by Crippen LogP contribution is -2.22. The maximum atomic E-state index is 12.2. The number of benzene rings is 1. The highest BCUT2D eigenvalue weighted by molar-refractivity contribution is 6.45. The Balaban J connectivity index is 3.11. The summed E-state index contributed by atoms with van der Waals surface area (Å²) in [5.74, 6) is -1.95. The van der Waals surface area contributed by atoms with E-state index in [1.54, 1.807) is 0 Å². The molecule has 22 heavy (non-hydrogen) atoms. The van der Waals surface area contributed by atoms with Crippen molar-refractivity contribution in [3.8, 4) is 11.8 Å². The predicted molar refractivity (Wildman–Crippen MR) is 73.5 cm³/mol. The molecule has 0 heterocycles. The minimum absolute atomic E-state index is 0.0606. The third-order valence-corrected chi connectivity index (χ3v) is 2.24. The quantitative estimate of drug-likeness (QED) is 0.339. The molecule has 1 rings (SSSR count). The fourth-order valence-corrected chi connectivity index (χ4v) is 1.29. The molecule has 0 aromatic heterocycles. The van der Waals surface area contributed by atoms with E-state index in [9.17, 15) is 13.6 Å². The number of carboxylic acids is 1. The van der Waals surface area contributed by atoms with Crippen LogP contribution in [0.15, 0.2) is 23.3 Å². The summed E-state index contributed by atoms with van der Waals surface area (Å²) >= 11 is 0. The molecule has 8 nitrogen and oxygen atoms in total. The Kier molecular flexibility index (Phi) is 5.76. The van der Waals surface area contributed by atoms with E-state index in [1.165, 1.54) is 12.1 Å². The fourth-order valence-electron chi connectivity index (χ4n) is 1.29. The summed E-state index contributed by atoms with van der Waals surface area (Å²) in [6, 6.07) is 4.96. The lowest BCUT2D eigenvalue weighted by atomic mass is 10.2. The Morgan fingerprint density at radius 1 is 1.59 bits per heavy atom. The van der Waals surface area contributed by atoms with Gasteiger partial charge in [-0.25, -0.2) is 13.6 Å². The van der Waals surface area contributed by atoms with Crippen LogP contribution in [0.3, 0.4) is 0 Å². The molecular weight excluding hydrogens is 300 g/mol. The molecule has 0 radical (unpaired) electrons. The van der Waals surface area contributed by atoms with Gasteiger partial charge in [-0.1, -0.05) is 0 Å². The van der Waals surface area contributed by atoms with Gasteiger partial charge in [0.1, 0.15) is 18.4 Å². The molecule has 0 amide bonds. The zero-order chi connectivity index (χ0) is 16.7. The molecule has 116 valence electrons. The molecule has 10 heteroatoms. The van der Waals surface area contributed by atoms with Crippen LogP contribution in [0.4, 0.5) is 14.5 Å². The van der Waals surface area contributed by atoms with Crippen LogP contribution in [-0.4, -0.2) is 35.7 Å². The van der Waals surface area contributed by atoms with Gasteiger partial charge in [0.05, 0.1) is 11.3 Å². The monoisotopic (exact) mass is 311 g/mol. The van der Waals surface area contributed by atoms with Gasteiger partial charge < -0.3 is 15.6 Å². The number of ether oxygens (including phenoxy) is 1. The van der Waals surface area contributed by atoms with E-state index in [2.05, 4.69) is 10.5 Å². The number of halogens is 2. The van der Waals surface area contributed by atoms with Gasteiger partial charge in [0.2, 0.25) is 5.71 Å². The highest BCUT2D eigenvalue weighted by atomic mass is 19.3. The number of carboxylic acid groups (broad SMARTS) is 1. The van der Waals surface area contributed by atoms with E-state index in [4.69, 9.17) is 26.2 Å². The fraction of sp³-hybridized carbons (Fsp3) is 0.167. The number of carbonyl (C=O) groups is 1. The van der Waals surface area contributed by atoms with Crippen molar-refractivity contribution >= 4 is 23.2 Å². The third kappa shape index (κ3) is 4.71. The zero-order valence-electron chi connectivity index (χ0n) is 11.0. The lowest BCUT2D eigenvalue weighted by molar-refractivity contribution is 0.0695. The van der Waals surface area contributed by atoms with Crippen LogP contribution in [0.2, 0.25) is 0 Å². The molecule has 0 aliphatic carbocycles. The molecule has 1 aromatic rings. The highest BCUT2D eigenvalue weighted by Gasteiger charge is 2.12. The maximum Gasteiger partial charge on any atom is 0.335 e. The molecule has 0 aliphatic rings. The molecular formula is C12H11F2N5O3. The molecule has 0 saturated heterocycles. The highest BCUT2D eigenvalue weighted by Crippen LogP contribution is 2.26. The van der Waals surface area contributed by atoms with Gasteiger partial charge in [0.25, 0.3) is 6.43 Å². The van der Waals surface area contributed by atoms with Crippen LogP contribution in [0, 0.1) is 16.7 Å². The SMILES string of the molecule is N#C/C(=N\Nc1cc(C(=O)O)ccc1OCC(F)F)C(=N)N. The minimum Gasteiger partial charge on any atom is -0.485 e. The Morgan fingerprint density at radius 2 is 2.27 bits per heavy atom. The average molecular weight is 311 g/mol. The summed E-state index contributed by atoms with van der Waals surface area (Å²) in [6.45, 7) is -0.900. The number of nitrogens with zero attached hydrogens (tertiary/aromatic N) is 2. The molecule has 0 atom stereocenters. The molecule has 0 bridgehead atoms. The van der Waals surface area contributed by atoms with E-state index in [0.717, 1.165) is 12.1 Å². The van der Waals surface area contributed by atoms with Gasteiger partial charge in [-0.15, -0.1) is 0 Å². The van der Waals surface area contributed by atoms with Crippen molar-refractivity contribution in [2.45, 2.75) is 6.43 Å². The van der Waals surface area contributed by atoms with Crippen LogP contribution in [0.5, 0.6) is 5.75 Å². The number of alkyl halides is 2. The first kappa shape index (κ1) is 16.8. The summed E-state index contributed by atoms with van der Waals surface area (Å²) < 4.78 is 29.2. The first-order valence-corrected chi connectivity index (χ1v) is 5.71. The Bertz CT molecular complexity index is 655. The van der Waals surface area contributed by atoms with Crippen molar-refractivity contribution in [3.63, 3.8) is 0 Å². The molecule has 1 aromatic carbocycles. The average Bonchev–Trinajstić information content (AvgIpc) is 2.45. The Morgan fingerprint density at radius 3 is 2.77 bits per heavy atom. The van der Waals surface area contributed by atoms with Gasteiger partial charge in [-0.05, 0) is 18.2 Å². The van der Waals surface area contributed by atoms with Gasteiger partial charge in [0.15, 0.2) is 5.84 Å². The molecule has 0 spiro atoms. The zero-order valence-corrected chi connectivity index (χ0v) is 11.0. The summed E-state index contributed by atoms with van der Waals surface area (Å²) in [5.41, 5.74) is 6.70. The van der Waals surface area contributed by atoms with Crippen molar-refractivity contribution < 1.29 is 23.4 Å². The standard InChI is InChI=1S/C12H11F2N5O3/c13-10(14)5-22-9-2-1-6(12(20)21)3-7(9)18-19-8(4-15)11(16)17/h1-3,10,18H,5H2,(H3,16,17)(H,20,21)/b19-8+.